The molecule has 1 aliphatic rings. The van der Waals surface area contributed by atoms with Crippen molar-refractivity contribution in [1.82, 2.24) is 0 Å². The number of aryl methyl sites for hydroxylation is 1. The molecule has 3 aromatic rings. The topological polar surface area (TPSA) is 75.9 Å². The zero-order chi connectivity index (χ0) is 22.7. The van der Waals surface area contributed by atoms with Crippen LogP contribution in [0.1, 0.15) is 16.8 Å². The highest BCUT2D eigenvalue weighted by Gasteiger charge is 2.51. The number of rotatable bonds is 7. The summed E-state index contributed by atoms with van der Waals surface area (Å²) in [5, 5.41) is 11.7. The van der Waals surface area contributed by atoms with Gasteiger partial charge in [-0.15, -0.1) is 0 Å². The number of nitrogens with zero attached hydrogens (tertiary/aromatic N) is 3. The molecule has 166 valence electrons. The smallest absolute Gasteiger partial charge is 0.277 e. The van der Waals surface area contributed by atoms with Gasteiger partial charge in [-0.3, -0.25) is 14.7 Å². The maximum atomic E-state index is 15.1. The lowest BCUT2D eigenvalue weighted by molar-refractivity contribution is -0.480. The Morgan fingerprint density at radius 2 is 1.47 bits per heavy atom. The van der Waals surface area contributed by atoms with Gasteiger partial charge in [-0.1, -0.05) is 48.0 Å². The highest BCUT2D eigenvalue weighted by atomic mass is 31.2. The Morgan fingerprint density at radius 1 is 0.938 bits per heavy atom. The van der Waals surface area contributed by atoms with Crippen LogP contribution in [0.5, 0.6) is 5.75 Å². The molecule has 2 unspecified atom stereocenters. The summed E-state index contributed by atoms with van der Waals surface area (Å²) < 4.78 is 24.1. The van der Waals surface area contributed by atoms with Crippen molar-refractivity contribution in [2.24, 2.45) is 0 Å². The maximum absolute atomic E-state index is 15.1. The Kier molecular flexibility index (Phi) is 6.19. The summed E-state index contributed by atoms with van der Waals surface area (Å²) in [7, 11) is -1.88. The Labute approximate surface area is 187 Å². The van der Waals surface area contributed by atoms with Crippen LogP contribution in [0.2, 0.25) is 0 Å². The first kappa shape index (κ1) is 21.9. The van der Waals surface area contributed by atoms with Gasteiger partial charge in [0.15, 0.2) is 0 Å². The van der Waals surface area contributed by atoms with E-state index in [0.717, 1.165) is 16.9 Å². The molecule has 3 aromatic carbocycles. The van der Waals surface area contributed by atoms with E-state index in [1.165, 1.54) is 0 Å². The van der Waals surface area contributed by atoms with E-state index in [2.05, 4.69) is 0 Å². The van der Waals surface area contributed by atoms with Gasteiger partial charge in [-0.25, -0.2) is 0 Å². The summed E-state index contributed by atoms with van der Waals surface area (Å²) in [5.41, 5.74) is 2.57. The number of methoxy groups -OCH3 is 1. The van der Waals surface area contributed by atoms with E-state index in [1.807, 2.05) is 95.1 Å². The number of ether oxygens (including phenoxy) is 1. The molecule has 0 saturated carbocycles. The molecule has 7 nitrogen and oxygen atoms in total. The third kappa shape index (κ3) is 4.08. The van der Waals surface area contributed by atoms with Crippen LogP contribution in [0.4, 0.5) is 11.4 Å². The zero-order valence-corrected chi connectivity index (χ0v) is 19.0. The van der Waals surface area contributed by atoms with Crippen molar-refractivity contribution in [1.29, 1.82) is 0 Å². The van der Waals surface area contributed by atoms with Crippen LogP contribution in [0, 0.1) is 17.0 Å². The van der Waals surface area contributed by atoms with Crippen molar-refractivity contribution in [3.8, 4) is 5.75 Å². The van der Waals surface area contributed by atoms with E-state index in [-0.39, 0.29) is 4.92 Å². The lowest BCUT2D eigenvalue weighted by atomic mass is 10.1. The quantitative estimate of drug-likeness (QED) is 0.267. The molecule has 8 heteroatoms. The number of hydrogen-bond donors (Lipinski definition) is 0. The van der Waals surface area contributed by atoms with Crippen LogP contribution in [0.25, 0.3) is 0 Å². The van der Waals surface area contributed by atoms with E-state index >= 15 is 4.57 Å². The van der Waals surface area contributed by atoms with Crippen LogP contribution in [-0.2, 0) is 4.57 Å². The molecular weight excluding hydrogens is 425 g/mol. The molecule has 0 bridgehead atoms. The molecule has 1 heterocycles. The van der Waals surface area contributed by atoms with Crippen molar-refractivity contribution < 1.29 is 14.2 Å². The standard InChI is InChI=1S/C24H26N3O4P/c1-19-8-10-21(11-9-19)25-16-17-26(22-12-14-23(31-2)15-13-22)32(25,30)24(18-27(28)29)20-6-4-3-5-7-20/h3-15,24H,16-18H2,1-2H3. The van der Waals surface area contributed by atoms with Crippen molar-refractivity contribution in [3.63, 3.8) is 0 Å². The lowest BCUT2D eigenvalue weighted by Crippen LogP contribution is -2.27. The first-order valence-electron chi connectivity index (χ1n) is 10.5. The van der Waals surface area contributed by atoms with Crippen LogP contribution in [-0.4, -0.2) is 31.7 Å². The largest absolute Gasteiger partial charge is 0.497 e. The van der Waals surface area contributed by atoms with Crippen LogP contribution < -0.4 is 14.1 Å². The minimum absolute atomic E-state index is 0.366. The highest BCUT2D eigenvalue weighted by Crippen LogP contribution is 2.68. The van der Waals surface area contributed by atoms with Gasteiger partial charge < -0.3 is 14.1 Å². The summed E-state index contributed by atoms with van der Waals surface area (Å²) in [6.07, 6.45) is 0. The molecule has 0 radical (unpaired) electrons. The van der Waals surface area contributed by atoms with Crippen LogP contribution in [0.15, 0.2) is 78.9 Å². The van der Waals surface area contributed by atoms with Gasteiger partial charge in [0.2, 0.25) is 6.54 Å². The summed E-state index contributed by atoms with van der Waals surface area (Å²) in [5.74, 6) is 0.697. The fraction of sp³-hybridized carbons (Fsp3) is 0.250. The molecule has 0 spiro atoms. The summed E-state index contributed by atoms with van der Waals surface area (Å²) in [4.78, 5) is 11.4. The van der Waals surface area contributed by atoms with Gasteiger partial charge in [-0.05, 0) is 48.9 Å². The second kappa shape index (κ2) is 9.05. The van der Waals surface area contributed by atoms with Gasteiger partial charge in [0.1, 0.15) is 11.4 Å². The monoisotopic (exact) mass is 451 g/mol. The van der Waals surface area contributed by atoms with Crippen molar-refractivity contribution >= 4 is 18.8 Å². The van der Waals surface area contributed by atoms with Crippen molar-refractivity contribution in [2.75, 3.05) is 36.1 Å². The molecule has 1 fully saturated rings. The predicted molar refractivity (Wildman–Crippen MR) is 128 cm³/mol. The van der Waals surface area contributed by atoms with E-state index < -0.39 is 19.6 Å². The molecule has 0 aromatic heterocycles. The maximum Gasteiger partial charge on any atom is 0.277 e. The van der Waals surface area contributed by atoms with Gasteiger partial charge in [0.25, 0.3) is 7.44 Å². The second-order valence-corrected chi connectivity index (χ2v) is 10.6. The first-order valence-corrected chi connectivity index (χ1v) is 12.1. The normalized spacial score (nSPS) is 19.1. The van der Waals surface area contributed by atoms with E-state index in [9.17, 15) is 10.1 Å². The Bertz CT molecular complexity index is 1120. The third-order valence-corrected chi connectivity index (χ3v) is 9.35. The SMILES string of the molecule is COc1ccc(N2CCN(c3ccc(C)cc3)P2(=O)C(C[N+](=O)[O-])c2ccccc2)cc1. The van der Waals surface area contributed by atoms with Gasteiger partial charge in [0, 0.05) is 29.4 Å². The van der Waals surface area contributed by atoms with Crippen molar-refractivity contribution in [2.45, 2.75) is 12.6 Å². The molecule has 4 rings (SSSR count). The van der Waals surface area contributed by atoms with Crippen molar-refractivity contribution in [3.05, 3.63) is 100 Å². The minimum atomic E-state index is -3.47. The van der Waals surface area contributed by atoms with Gasteiger partial charge in [0.05, 0.1) is 7.11 Å². The number of benzene rings is 3. The Balaban J connectivity index is 1.87. The predicted octanol–water partition coefficient (Wildman–Crippen LogP) is 5.54. The van der Waals surface area contributed by atoms with E-state index in [4.69, 9.17) is 4.74 Å². The summed E-state index contributed by atoms with van der Waals surface area (Å²) in [6, 6.07) is 24.3. The second-order valence-electron chi connectivity index (χ2n) is 7.81. The molecule has 1 aliphatic heterocycles. The Morgan fingerprint density at radius 3 is 1.97 bits per heavy atom. The fourth-order valence-electron chi connectivity index (χ4n) is 4.23. The summed E-state index contributed by atoms with van der Waals surface area (Å²) in [6.45, 7) is 2.58. The molecule has 0 amide bonds. The van der Waals surface area contributed by atoms with Gasteiger partial charge >= 0.3 is 0 Å². The fourth-order valence-corrected chi connectivity index (χ4v) is 7.75. The average Bonchev–Trinajstić information content (AvgIpc) is 3.16. The lowest BCUT2D eigenvalue weighted by Gasteiger charge is -2.36. The third-order valence-electron chi connectivity index (χ3n) is 5.83. The van der Waals surface area contributed by atoms with Crippen LogP contribution >= 0.6 is 7.44 Å². The first-order chi connectivity index (χ1) is 15.4. The molecule has 1 saturated heterocycles. The number of hydrogen-bond acceptors (Lipinski definition) is 4. The molecule has 2 atom stereocenters. The van der Waals surface area contributed by atoms with Gasteiger partial charge in [-0.2, -0.15) is 0 Å². The van der Waals surface area contributed by atoms with Crippen LogP contribution in [0.3, 0.4) is 0 Å². The molecule has 0 N–H and O–H groups in total. The minimum Gasteiger partial charge on any atom is -0.497 e. The number of nitro groups is 1. The average molecular weight is 451 g/mol. The zero-order valence-electron chi connectivity index (χ0n) is 18.1. The number of anilines is 2. The van der Waals surface area contributed by atoms with E-state index in [0.29, 0.717) is 24.4 Å². The molecule has 0 aliphatic carbocycles. The van der Waals surface area contributed by atoms with E-state index in [1.54, 1.807) is 7.11 Å². The highest BCUT2D eigenvalue weighted by molar-refractivity contribution is 7.68. The molecular formula is C24H26N3O4P. The summed E-state index contributed by atoms with van der Waals surface area (Å²) >= 11 is 0. The molecule has 32 heavy (non-hydrogen) atoms. The Hall–Kier alpha value is -3.31.